The quantitative estimate of drug-likeness (QED) is 0.804. The average molecular weight is 239 g/mol. The van der Waals surface area contributed by atoms with E-state index in [1.807, 2.05) is 6.92 Å². The van der Waals surface area contributed by atoms with Crippen LogP contribution in [0.3, 0.4) is 0 Å². The molecule has 0 aliphatic heterocycles. The fraction of sp³-hybridized carbons (Fsp3) is 0.727. The summed E-state index contributed by atoms with van der Waals surface area (Å²) in [4.78, 5) is 17.0. The maximum absolute atomic E-state index is 11.0. The van der Waals surface area contributed by atoms with Crippen LogP contribution in [0.1, 0.15) is 43.8 Å². The van der Waals surface area contributed by atoms with Gasteiger partial charge in [0.05, 0.1) is 6.54 Å². The number of hydrogen-bond acceptors (Lipinski definition) is 5. The fourth-order valence-corrected chi connectivity index (χ4v) is 1.84. The van der Waals surface area contributed by atoms with Gasteiger partial charge in [-0.1, -0.05) is 12.1 Å². The van der Waals surface area contributed by atoms with Crippen LogP contribution in [0.4, 0.5) is 0 Å². The second kappa shape index (κ2) is 4.83. The Balaban J connectivity index is 1.96. The lowest BCUT2D eigenvalue weighted by Gasteiger charge is -2.21. The smallest absolute Gasteiger partial charge is 0.320 e. The largest absolute Gasteiger partial charge is 0.480 e. The van der Waals surface area contributed by atoms with Gasteiger partial charge in [-0.2, -0.15) is 4.98 Å². The molecule has 2 rings (SSSR count). The minimum atomic E-state index is -0.819. The summed E-state index contributed by atoms with van der Waals surface area (Å²) in [5, 5.41) is 12.9. The third-order valence-electron chi connectivity index (χ3n) is 3.01. The highest BCUT2D eigenvalue weighted by Crippen LogP contribution is 2.38. The van der Waals surface area contributed by atoms with Gasteiger partial charge in [-0.05, 0) is 26.3 Å². The van der Waals surface area contributed by atoms with E-state index in [2.05, 4.69) is 10.1 Å². The summed E-state index contributed by atoms with van der Waals surface area (Å²) in [6.07, 6.45) is 2.79. The molecule has 0 amide bonds. The number of likely N-dealkylation sites (N-methyl/N-ethyl adjacent to an activating group) is 1. The SMILES string of the molecule is CCC(C(=O)O)N(C)Cc1noc(C2CC2)n1. The van der Waals surface area contributed by atoms with Gasteiger partial charge in [-0.3, -0.25) is 9.69 Å². The zero-order chi connectivity index (χ0) is 12.4. The van der Waals surface area contributed by atoms with Crippen LogP contribution in [0, 0.1) is 0 Å². The molecule has 1 unspecified atom stereocenters. The molecule has 6 nitrogen and oxygen atoms in total. The Bertz CT molecular complexity index is 400. The van der Waals surface area contributed by atoms with Crippen molar-refractivity contribution in [3.8, 4) is 0 Å². The zero-order valence-electron chi connectivity index (χ0n) is 10.1. The number of carboxylic acid groups (broad SMARTS) is 1. The summed E-state index contributed by atoms with van der Waals surface area (Å²) < 4.78 is 5.13. The van der Waals surface area contributed by atoms with Crippen LogP contribution in [0.25, 0.3) is 0 Å². The highest BCUT2D eigenvalue weighted by molar-refractivity contribution is 5.73. The molecule has 0 saturated heterocycles. The third-order valence-corrected chi connectivity index (χ3v) is 3.01. The van der Waals surface area contributed by atoms with E-state index in [0.717, 1.165) is 12.8 Å². The van der Waals surface area contributed by atoms with Crippen molar-refractivity contribution < 1.29 is 14.4 Å². The summed E-state index contributed by atoms with van der Waals surface area (Å²) in [6.45, 7) is 2.25. The minimum Gasteiger partial charge on any atom is -0.480 e. The number of nitrogens with zero attached hydrogens (tertiary/aromatic N) is 3. The highest BCUT2D eigenvalue weighted by Gasteiger charge is 2.30. The van der Waals surface area contributed by atoms with Gasteiger partial charge in [0.1, 0.15) is 6.04 Å². The van der Waals surface area contributed by atoms with Gasteiger partial charge in [0.25, 0.3) is 0 Å². The van der Waals surface area contributed by atoms with Crippen LogP contribution in [-0.2, 0) is 11.3 Å². The molecule has 0 aromatic carbocycles. The van der Waals surface area contributed by atoms with Crippen molar-refractivity contribution in [3.63, 3.8) is 0 Å². The van der Waals surface area contributed by atoms with Crippen LogP contribution in [0.15, 0.2) is 4.52 Å². The molecule has 1 N–H and O–H groups in total. The average Bonchev–Trinajstić information content (AvgIpc) is 3.01. The molecule has 1 aromatic rings. The number of aliphatic carboxylic acids is 1. The number of carbonyl (C=O) groups is 1. The van der Waals surface area contributed by atoms with Crippen molar-refractivity contribution in [2.24, 2.45) is 0 Å². The highest BCUT2D eigenvalue weighted by atomic mass is 16.5. The Morgan fingerprint density at radius 3 is 2.88 bits per heavy atom. The standard InChI is InChI=1S/C11H17N3O3/c1-3-8(11(15)16)14(2)6-9-12-10(17-13-9)7-4-5-7/h7-8H,3-6H2,1-2H3,(H,15,16). The molecule has 94 valence electrons. The monoisotopic (exact) mass is 239 g/mol. The third kappa shape index (κ3) is 2.82. The molecule has 17 heavy (non-hydrogen) atoms. The second-order valence-corrected chi connectivity index (χ2v) is 4.50. The first-order chi connectivity index (χ1) is 8.11. The van der Waals surface area contributed by atoms with Crippen LogP contribution < -0.4 is 0 Å². The lowest BCUT2D eigenvalue weighted by atomic mass is 10.2. The van der Waals surface area contributed by atoms with Crippen molar-refractivity contribution >= 4 is 5.97 Å². The van der Waals surface area contributed by atoms with E-state index in [0.29, 0.717) is 30.6 Å². The predicted octanol–water partition coefficient (Wildman–Crippen LogP) is 1.24. The van der Waals surface area contributed by atoms with Gasteiger partial charge < -0.3 is 9.63 Å². The Hall–Kier alpha value is -1.43. The molecule has 1 fully saturated rings. The summed E-state index contributed by atoms with van der Waals surface area (Å²) in [7, 11) is 1.76. The molecule has 1 heterocycles. The van der Waals surface area contributed by atoms with Gasteiger partial charge in [0.2, 0.25) is 5.89 Å². The Kier molecular flexibility index (Phi) is 3.42. The summed E-state index contributed by atoms with van der Waals surface area (Å²) in [5.41, 5.74) is 0. The molecular weight excluding hydrogens is 222 g/mol. The molecule has 0 radical (unpaired) electrons. The zero-order valence-corrected chi connectivity index (χ0v) is 10.1. The molecule has 1 aromatic heterocycles. The normalized spacial score (nSPS) is 17.4. The minimum absolute atomic E-state index is 0.404. The van der Waals surface area contributed by atoms with E-state index in [1.165, 1.54) is 0 Å². The number of carboxylic acids is 1. The first-order valence-corrected chi connectivity index (χ1v) is 5.87. The molecule has 6 heteroatoms. The lowest BCUT2D eigenvalue weighted by Crippen LogP contribution is -2.37. The Labute approximate surface area is 99.6 Å². The predicted molar refractivity (Wildman–Crippen MR) is 59.5 cm³/mol. The van der Waals surface area contributed by atoms with Crippen molar-refractivity contribution in [2.45, 2.75) is 44.7 Å². The first-order valence-electron chi connectivity index (χ1n) is 5.87. The summed E-state index contributed by atoms with van der Waals surface area (Å²) in [6, 6.07) is -0.502. The Morgan fingerprint density at radius 2 is 2.35 bits per heavy atom. The first kappa shape index (κ1) is 12.0. The second-order valence-electron chi connectivity index (χ2n) is 4.50. The number of hydrogen-bond donors (Lipinski definition) is 1. The van der Waals surface area contributed by atoms with E-state index in [9.17, 15) is 4.79 Å². The maximum atomic E-state index is 11.0. The van der Waals surface area contributed by atoms with E-state index in [4.69, 9.17) is 9.63 Å². The molecule has 1 saturated carbocycles. The van der Waals surface area contributed by atoms with E-state index >= 15 is 0 Å². The van der Waals surface area contributed by atoms with Gasteiger partial charge in [-0.15, -0.1) is 0 Å². The van der Waals surface area contributed by atoms with Crippen molar-refractivity contribution in [3.05, 3.63) is 11.7 Å². The van der Waals surface area contributed by atoms with Gasteiger partial charge in [0.15, 0.2) is 5.82 Å². The van der Waals surface area contributed by atoms with Gasteiger partial charge in [-0.25, -0.2) is 0 Å². The van der Waals surface area contributed by atoms with Crippen molar-refractivity contribution in [2.75, 3.05) is 7.05 Å². The van der Waals surface area contributed by atoms with Crippen molar-refractivity contribution in [1.82, 2.24) is 15.0 Å². The molecule has 1 atom stereocenters. The van der Waals surface area contributed by atoms with Crippen LogP contribution >= 0.6 is 0 Å². The van der Waals surface area contributed by atoms with Crippen LogP contribution in [0.2, 0.25) is 0 Å². The summed E-state index contributed by atoms with van der Waals surface area (Å²) >= 11 is 0. The molecular formula is C11H17N3O3. The van der Waals surface area contributed by atoms with Gasteiger partial charge >= 0.3 is 5.97 Å². The number of rotatable bonds is 6. The van der Waals surface area contributed by atoms with Crippen molar-refractivity contribution in [1.29, 1.82) is 0 Å². The Morgan fingerprint density at radius 1 is 1.65 bits per heavy atom. The summed E-state index contributed by atoms with van der Waals surface area (Å²) in [5.74, 6) is 0.870. The van der Waals surface area contributed by atoms with E-state index < -0.39 is 12.0 Å². The molecule has 0 spiro atoms. The van der Waals surface area contributed by atoms with Crippen LogP contribution in [-0.4, -0.2) is 39.2 Å². The van der Waals surface area contributed by atoms with E-state index in [-0.39, 0.29) is 0 Å². The maximum Gasteiger partial charge on any atom is 0.320 e. The lowest BCUT2D eigenvalue weighted by molar-refractivity contribution is -0.143. The fourth-order valence-electron chi connectivity index (χ4n) is 1.84. The topological polar surface area (TPSA) is 79.5 Å². The van der Waals surface area contributed by atoms with Crippen LogP contribution in [0.5, 0.6) is 0 Å². The molecule has 1 aliphatic rings. The van der Waals surface area contributed by atoms with E-state index in [1.54, 1.807) is 11.9 Å². The van der Waals surface area contributed by atoms with Gasteiger partial charge in [0, 0.05) is 5.92 Å². The molecule has 1 aliphatic carbocycles. The molecule has 0 bridgehead atoms. The number of aromatic nitrogens is 2.